The Labute approximate surface area is 125 Å². The molecule has 22 heavy (non-hydrogen) atoms. The fraction of sp³-hybridized carbons (Fsp3) is 0.857. The fourth-order valence-corrected chi connectivity index (χ4v) is 2.52. The van der Waals surface area contributed by atoms with Gasteiger partial charge in [0, 0.05) is 12.8 Å². The van der Waals surface area contributed by atoms with Crippen LogP contribution in [0.4, 0.5) is 17.6 Å². The number of alkyl halides is 4. The lowest BCUT2D eigenvalue weighted by molar-refractivity contribution is -0.248. The molecule has 4 nitrogen and oxygen atoms in total. The highest BCUT2D eigenvalue weighted by atomic mass is 19.3. The largest absolute Gasteiger partial charge is 0.457 e. The minimum absolute atomic E-state index is 0.688. The van der Waals surface area contributed by atoms with Gasteiger partial charge in [0.05, 0.1) is 18.8 Å². The number of carbonyl (C=O) groups excluding carboxylic acids is 2. The molecule has 0 aromatic heterocycles. The molecule has 2 aliphatic carbocycles. The topological polar surface area (TPSA) is 52.6 Å². The molecule has 0 aromatic carbocycles. The molecule has 2 rings (SSSR count). The van der Waals surface area contributed by atoms with E-state index in [9.17, 15) is 27.2 Å². The molecule has 2 fully saturated rings. The Bertz CT molecular complexity index is 480. The second kappa shape index (κ2) is 4.83. The van der Waals surface area contributed by atoms with Crippen molar-refractivity contribution >= 4 is 11.9 Å². The van der Waals surface area contributed by atoms with Gasteiger partial charge in [-0.15, -0.1) is 0 Å². The lowest BCUT2D eigenvalue weighted by Crippen LogP contribution is -2.62. The van der Waals surface area contributed by atoms with Crippen LogP contribution >= 0.6 is 0 Å². The van der Waals surface area contributed by atoms with Crippen LogP contribution in [0.3, 0.4) is 0 Å². The third-order valence-corrected chi connectivity index (χ3v) is 3.58. The van der Waals surface area contributed by atoms with E-state index in [0.29, 0.717) is 0 Å². The molecule has 0 aliphatic heterocycles. The van der Waals surface area contributed by atoms with Crippen LogP contribution in [0.5, 0.6) is 0 Å². The number of halogens is 4. The first-order valence-corrected chi connectivity index (χ1v) is 6.96. The number of ether oxygens (including phenoxy) is 2. The van der Waals surface area contributed by atoms with Gasteiger partial charge in [-0.05, 0) is 20.8 Å². The molecule has 0 heterocycles. The summed E-state index contributed by atoms with van der Waals surface area (Å²) >= 11 is 0. The third kappa shape index (κ3) is 3.52. The van der Waals surface area contributed by atoms with Gasteiger partial charge in [-0.3, -0.25) is 4.79 Å². The van der Waals surface area contributed by atoms with Gasteiger partial charge in [-0.2, -0.15) is 0 Å². The van der Waals surface area contributed by atoms with E-state index in [1.807, 2.05) is 0 Å². The van der Waals surface area contributed by atoms with E-state index in [-0.39, 0.29) is 0 Å². The zero-order valence-electron chi connectivity index (χ0n) is 12.6. The molecular formula is C14H18F4O4. The van der Waals surface area contributed by atoms with Crippen molar-refractivity contribution in [1.82, 2.24) is 0 Å². The maximum Gasteiger partial charge on any atom is 0.351 e. The van der Waals surface area contributed by atoms with Crippen molar-refractivity contribution in [1.29, 1.82) is 0 Å². The van der Waals surface area contributed by atoms with E-state index in [1.165, 1.54) is 0 Å². The average Bonchev–Trinajstić information content (AvgIpc) is 2.19. The van der Waals surface area contributed by atoms with Crippen molar-refractivity contribution in [3.8, 4) is 0 Å². The summed E-state index contributed by atoms with van der Waals surface area (Å²) < 4.78 is 61.8. The SMILES string of the molecule is CC(C)(C)OC(=O)C1(OC(=O)C2CC(F)(F)C2)CC(F)(F)C1. The standard InChI is InChI=1S/C14H18F4O4/c1-11(2,3)22-10(20)12(6-14(17,18)7-12)21-9(19)8-4-13(15,16)5-8/h8H,4-7H2,1-3H3. The number of hydrogen-bond donors (Lipinski definition) is 0. The molecule has 2 saturated carbocycles. The molecular weight excluding hydrogens is 308 g/mol. The van der Waals surface area contributed by atoms with Crippen molar-refractivity contribution in [2.75, 3.05) is 0 Å². The van der Waals surface area contributed by atoms with Crippen LogP contribution in [0.15, 0.2) is 0 Å². The number of esters is 2. The van der Waals surface area contributed by atoms with E-state index in [2.05, 4.69) is 0 Å². The highest BCUT2D eigenvalue weighted by Gasteiger charge is 2.66. The Morgan fingerprint density at radius 3 is 1.86 bits per heavy atom. The van der Waals surface area contributed by atoms with Crippen LogP contribution in [-0.2, 0) is 19.1 Å². The van der Waals surface area contributed by atoms with Gasteiger partial charge in [0.2, 0.25) is 11.5 Å². The first-order chi connectivity index (χ1) is 9.74. The molecule has 0 amide bonds. The number of hydrogen-bond acceptors (Lipinski definition) is 4. The Morgan fingerprint density at radius 2 is 1.50 bits per heavy atom. The summed E-state index contributed by atoms with van der Waals surface area (Å²) in [5.74, 6) is -9.26. The Morgan fingerprint density at radius 1 is 1.00 bits per heavy atom. The molecule has 0 radical (unpaired) electrons. The second-order valence-electron chi connectivity index (χ2n) is 7.09. The van der Waals surface area contributed by atoms with Crippen molar-refractivity contribution in [2.45, 2.75) is 69.5 Å². The van der Waals surface area contributed by atoms with Crippen LogP contribution < -0.4 is 0 Å². The highest BCUT2D eigenvalue weighted by Crippen LogP contribution is 2.51. The molecule has 8 heteroatoms. The van der Waals surface area contributed by atoms with Gasteiger partial charge in [0.25, 0.3) is 5.92 Å². The predicted molar refractivity (Wildman–Crippen MR) is 66.5 cm³/mol. The van der Waals surface area contributed by atoms with Crippen molar-refractivity contribution in [3.63, 3.8) is 0 Å². The van der Waals surface area contributed by atoms with Crippen LogP contribution in [-0.4, -0.2) is 35.0 Å². The van der Waals surface area contributed by atoms with E-state index < -0.39 is 66.6 Å². The van der Waals surface area contributed by atoms with Gasteiger partial charge in [-0.25, -0.2) is 22.4 Å². The van der Waals surface area contributed by atoms with Crippen LogP contribution in [0.1, 0.15) is 46.5 Å². The lowest BCUT2D eigenvalue weighted by Gasteiger charge is -2.46. The van der Waals surface area contributed by atoms with Crippen molar-refractivity contribution in [2.24, 2.45) is 5.92 Å². The molecule has 0 aromatic rings. The third-order valence-electron chi connectivity index (χ3n) is 3.58. The molecule has 126 valence electrons. The normalized spacial score (nSPS) is 25.6. The molecule has 0 atom stereocenters. The summed E-state index contributed by atoms with van der Waals surface area (Å²) in [6, 6.07) is 0. The van der Waals surface area contributed by atoms with Crippen molar-refractivity contribution < 1.29 is 36.6 Å². The minimum atomic E-state index is -3.14. The van der Waals surface area contributed by atoms with E-state index in [1.54, 1.807) is 20.8 Å². The summed E-state index contributed by atoms with van der Waals surface area (Å²) in [5.41, 5.74) is -3.01. The summed E-state index contributed by atoms with van der Waals surface area (Å²) in [6.45, 7) is 4.64. The van der Waals surface area contributed by atoms with Crippen LogP contribution in [0.2, 0.25) is 0 Å². The summed E-state index contributed by atoms with van der Waals surface area (Å²) in [4.78, 5) is 23.9. The lowest BCUT2D eigenvalue weighted by atomic mass is 9.75. The first kappa shape index (κ1) is 17.0. The maximum absolute atomic E-state index is 13.2. The quantitative estimate of drug-likeness (QED) is 0.591. The molecule has 2 aliphatic rings. The molecule has 0 unspecified atom stereocenters. The Hall–Kier alpha value is -1.34. The Balaban J connectivity index is 2.04. The fourth-order valence-electron chi connectivity index (χ4n) is 2.52. The van der Waals surface area contributed by atoms with E-state index >= 15 is 0 Å². The predicted octanol–water partition coefficient (Wildman–Crippen LogP) is 3.08. The summed E-state index contributed by atoms with van der Waals surface area (Å²) in [5, 5.41) is 0. The average molecular weight is 326 g/mol. The van der Waals surface area contributed by atoms with Crippen molar-refractivity contribution in [3.05, 3.63) is 0 Å². The second-order valence-corrected chi connectivity index (χ2v) is 7.09. The zero-order chi connectivity index (χ0) is 17.0. The van der Waals surface area contributed by atoms with Gasteiger partial charge in [0.15, 0.2) is 0 Å². The van der Waals surface area contributed by atoms with Gasteiger partial charge in [-0.1, -0.05) is 0 Å². The monoisotopic (exact) mass is 326 g/mol. The van der Waals surface area contributed by atoms with Gasteiger partial charge < -0.3 is 9.47 Å². The summed E-state index contributed by atoms with van der Waals surface area (Å²) in [7, 11) is 0. The van der Waals surface area contributed by atoms with Gasteiger partial charge >= 0.3 is 11.9 Å². The molecule has 0 bridgehead atoms. The summed E-state index contributed by atoms with van der Waals surface area (Å²) in [6.07, 6.45) is -3.34. The van der Waals surface area contributed by atoms with E-state index in [0.717, 1.165) is 0 Å². The number of carbonyl (C=O) groups is 2. The molecule has 0 N–H and O–H groups in total. The Kier molecular flexibility index (Phi) is 3.73. The number of rotatable bonds is 3. The van der Waals surface area contributed by atoms with Crippen LogP contribution in [0.25, 0.3) is 0 Å². The highest BCUT2D eigenvalue weighted by molar-refractivity contribution is 5.86. The van der Waals surface area contributed by atoms with E-state index in [4.69, 9.17) is 9.47 Å². The minimum Gasteiger partial charge on any atom is -0.457 e. The smallest absolute Gasteiger partial charge is 0.351 e. The van der Waals surface area contributed by atoms with Gasteiger partial charge in [0.1, 0.15) is 5.60 Å². The first-order valence-electron chi connectivity index (χ1n) is 6.96. The molecule has 0 spiro atoms. The maximum atomic E-state index is 13.2. The molecule has 0 saturated heterocycles. The van der Waals surface area contributed by atoms with Crippen LogP contribution in [0, 0.1) is 5.92 Å². The zero-order valence-corrected chi connectivity index (χ0v) is 12.6.